The van der Waals surface area contributed by atoms with Crippen molar-refractivity contribution in [1.29, 1.82) is 0 Å². The number of nitrogens with one attached hydrogen (secondary N) is 1. The second-order valence-corrected chi connectivity index (χ2v) is 13.3. The maximum Gasteiger partial charge on any atom is 0.329 e. The van der Waals surface area contributed by atoms with Gasteiger partial charge >= 0.3 is 11.9 Å². The first kappa shape index (κ1) is 36.1. The van der Waals surface area contributed by atoms with E-state index in [0.29, 0.717) is 12.0 Å². The highest BCUT2D eigenvalue weighted by molar-refractivity contribution is 6.01. The summed E-state index contributed by atoms with van der Waals surface area (Å²) < 4.78 is 27.4. The molecule has 0 spiro atoms. The summed E-state index contributed by atoms with van der Waals surface area (Å²) in [6, 6.07) is -1.49. The average molecular weight is 669 g/mol. The highest BCUT2D eigenvalue weighted by Gasteiger charge is 2.76. The van der Waals surface area contributed by atoms with Gasteiger partial charge in [-0.1, -0.05) is 18.6 Å². The van der Waals surface area contributed by atoms with Gasteiger partial charge in [0.1, 0.15) is 6.04 Å². The molecule has 47 heavy (non-hydrogen) atoms. The summed E-state index contributed by atoms with van der Waals surface area (Å²) in [7, 11) is 0. The van der Waals surface area contributed by atoms with Gasteiger partial charge < -0.3 is 34.9 Å². The number of aliphatic hydroxyl groups is 3. The monoisotopic (exact) mass is 668 g/mol. The molecule has 15 nitrogen and oxygen atoms in total. The van der Waals surface area contributed by atoms with Gasteiger partial charge in [-0.2, -0.15) is 0 Å². The first-order valence-electron chi connectivity index (χ1n) is 15.5. The van der Waals surface area contributed by atoms with Crippen LogP contribution in [0.4, 0.5) is 4.39 Å². The molecular formula is C31H41FN2O13. The summed E-state index contributed by atoms with van der Waals surface area (Å²) in [4.78, 5) is 76.7. The Morgan fingerprint density at radius 1 is 1.13 bits per heavy atom. The minimum atomic E-state index is -2.52. The van der Waals surface area contributed by atoms with Crippen LogP contribution in [-0.2, 0) is 38.3 Å². The van der Waals surface area contributed by atoms with Crippen molar-refractivity contribution in [2.24, 2.45) is 22.7 Å². The van der Waals surface area contributed by atoms with Crippen molar-refractivity contribution in [3.8, 4) is 0 Å². The van der Waals surface area contributed by atoms with Crippen LogP contribution < -0.4 is 5.32 Å². The Morgan fingerprint density at radius 2 is 1.81 bits per heavy atom. The van der Waals surface area contributed by atoms with Crippen molar-refractivity contribution in [3.05, 3.63) is 33.9 Å². The van der Waals surface area contributed by atoms with Gasteiger partial charge in [-0.15, -0.1) is 10.1 Å². The van der Waals surface area contributed by atoms with Crippen molar-refractivity contribution in [2.75, 3.05) is 19.8 Å². The number of hydrogen-bond acceptors (Lipinski definition) is 13. The fraction of sp³-hybridized carbons (Fsp3) is 0.710. The molecule has 0 aromatic rings. The summed E-state index contributed by atoms with van der Waals surface area (Å²) in [5, 5.41) is 45.8. The molecule has 16 heteroatoms. The normalized spacial score (nSPS) is 36.1. The quantitative estimate of drug-likeness (QED) is 0.0913. The highest BCUT2D eigenvalue weighted by atomic mass is 19.1. The van der Waals surface area contributed by atoms with E-state index in [1.807, 2.05) is 0 Å². The van der Waals surface area contributed by atoms with E-state index in [9.17, 15) is 49.4 Å². The first-order chi connectivity index (χ1) is 21.9. The number of Topliss-reactive ketones (excluding diaryl/α,β-unsaturated/α-hetero) is 1. The molecule has 0 saturated heterocycles. The SMILES string of the molecule is CC(=O)NC(CC(=O)OCC(=O)[C@@]1(O)[C@H](O)C[C@H]2[C@@H]3CCC4=CC(=O)C=C[C@]4(C)[C@@]3(F)[C@@H](O)C[C@@]21C)C(=O)OCCCCO[N+](=O)[O-]. The van der Waals surface area contributed by atoms with Crippen molar-refractivity contribution >= 4 is 29.4 Å². The van der Waals surface area contributed by atoms with Crippen LogP contribution in [0.3, 0.4) is 0 Å². The number of halogens is 1. The number of rotatable bonds is 13. The Labute approximate surface area is 269 Å². The third-order valence-electron chi connectivity index (χ3n) is 10.7. The van der Waals surface area contributed by atoms with Gasteiger partial charge in [0.05, 0.1) is 31.8 Å². The number of unbranched alkanes of at least 4 members (excludes halogenated alkanes) is 1. The van der Waals surface area contributed by atoms with Crippen LogP contribution in [0.15, 0.2) is 23.8 Å². The molecule has 4 rings (SSSR count). The number of amides is 1. The van der Waals surface area contributed by atoms with E-state index >= 15 is 4.39 Å². The van der Waals surface area contributed by atoms with Crippen molar-refractivity contribution < 1.29 is 63.1 Å². The van der Waals surface area contributed by atoms with Gasteiger partial charge in [0.15, 0.2) is 23.7 Å². The topological polar surface area (TPSA) is 229 Å². The second kappa shape index (κ2) is 13.4. The van der Waals surface area contributed by atoms with Gasteiger partial charge in [0.25, 0.3) is 5.09 Å². The Bertz CT molecular complexity index is 1380. The number of ether oxygens (including phenoxy) is 2. The van der Waals surface area contributed by atoms with Gasteiger partial charge in [0, 0.05) is 23.7 Å². The molecule has 260 valence electrons. The highest BCUT2D eigenvalue weighted by Crippen LogP contribution is 2.69. The van der Waals surface area contributed by atoms with Gasteiger partial charge in [-0.05, 0) is 63.5 Å². The van der Waals surface area contributed by atoms with Crippen LogP contribution in [0, 0.1) is 32.8 Å². The molecule has 0 radical (unpaired) electrons. The zero-order chi connectivity index (χ0) is 34.9. The van der Waals surface area contributed by atoms with Gasteiger partial charge in [0.2, 0.25) is 11.7 Å². The molecule has 0 aromatic heterocycles. The number of carbonyl (C=O) groups excluding carboxylic acids is 5. The summed E-state index contributed by atoms with van der Waals surface area (Å²) in [5.74, 6) is -5.80. The van der Waals surface area contributed by atoms with Crippen molar-refractivity contribution in [2.45, 2.75) is 95.2 Å². The molecule has 0 heterocycles. The molecule has 1 unspecified atom stereocenters. The van der Waals surface area contributed by atoms with Crippen LogP contribution in [0.5, 0.6) is 0 Å². The van der Waals surface area contributed by atoms with Crippen LogP contribution >= 0.6 is 0 Å². The maximum absolute atomic E-state index is 17.3. The molecule has 4 aliphatic carbocycles. The summed E-state index contributed by atoms with van der Waals surface area (Å²) >= 11 is 0. The zero-order valence-electron chi connectivity index (χ0n) is 26.4. The number of esters is 2. The van der Waals surface area contributed by atoms with E-state index in [1.165, 1.54) is 25.2 Å². The smallest absolute Gasteiger partial charge is 0.329 e. The number of allylic oxidation sites excluding steroid dienone is 4. The number of ketones is 2. The molecule has 0 bridgehead atoms. The lowest BCUT2D eigenvalue weighted by Gasteiger charge is -2.62. The number of alkyl halides is 1. The van der Waals surface area contributed by atoms with Crippen LogP contribution in [0.25, 0.3) is 0 Å². The Morgan fingerprint density at radius 3 is 2.47 bits per heavy atom. The Hall–Kier alpha value is -3.76. The zero-order valence-corrected chi connectivity index (χ0v) is 26.4. The fourth-order valence-corrected chi connectivity index (χ4v) is 8.27. The molecule has 4 aliphatic rings. The summed E-state index contributed by atoms with van der Waals surface area (Å²) in [6.45, 7) is 2.77. The largest absolute Gasteiger partial charge is 0.464 e. The first-order valence-corrected chi connectivity index (χ1v) is 15.5. The Kier molecular flexibility index (Phi) is 10.3. The predicted molar refractivity (Wildman–Crippen MR) is 156 cm³/mol. The van der Waals surface area contributed by atoms with E-state index in [0.717, 1.165) is 6.92 Å². The molecule has 3 fully saturated rings. The van der Waals surface area contributed by atoms with Gasteiger partial charge in [-0.25, -0.2) is 9.18 Å². The van der Waals surface area contributed by atoms with E-state index < -0.39 is 100 Å². The average Bonchev–Trinajstić information content (AvgIpc) is 3.19. The third kappa shape index (κ3) is 6.29. The van der Waals surface area contributed by atoms with E-state index in [2.05, 4.69) is 10.2 Å². The van der Waals surface area contributed by atoms with Crippen molar-refractivity contribution in [3.63, 3.8) is 0 Å². The van der Waals surface area contributed by atoms with E-state index in [-0.39, 0.29) is 44.7 Å². The van der Waals surface area contributed by atoms with Gasteiger partial charge in [-0.3, -0.25) is 19.2 Å². The minimum absolute atomic E-state index is 0.165. The second-order valence-electron chi connectivity index (χ2n) is 13.3. The maximum atomic E-state index is 17.3. The van der Waals surface area contributed by atoms with E-state index in [4.69, 9.17) is 9.47 Å². The summed E-state index contributed by atoms with van der Waals surface area (Å²) in [5.41, 5.74) is -7.06. The molecule has 0 aromatic carbocycles. The number of fused-ring (bicyclic) bond motifs is 5. The molecule has 0 aliphatic heterocycles. The minimum Gasteiger partial charge on any atom is -0.464 e. The van der Waals surface area contributed by atoms with E-state index in [1.54, 1.807) is 6.92 Å². The molecule has 4 N–H and O–H groups in total. The lowest BCUT2D eigenvalue weighted by molar-refractivity contribution is -0.757. The molecule has 3 saturated carbocycles. The number of nitrogens with zero attached hydrogens (tertiary/aromatic N) is 1. The standard InChI is InChI=1S/C31H41FN2O13/c1-17(35)33-22(27(41)45-10-4-5-11-47-34(43)44)14-26(40)46-16-25(39)31(42)23(37)13-21-20-7-6-18-12-19(36)8-9-28(18,2)30(20,32)24(38)15-29(21,31)3/h8-9,12,20-24,37-38,42H,4-7,10-11,13-16H2,1-3H3,(H,33,35)/t20-,21-,22?,23+,24-,28-,29-,30-,31-/m0/s1. The molecular weight excluding hydrogens is 627 g/mol. The third-order valence-corrected chi connectivity index (χ3v) is 10.7. The Balaban J connectivity index is 1.42. The van der Waals surface area contributed by atoms with Crippen molar-refractivity contribution in [1.82, 2.24) is 5.32 Å². The predicted octanol–water partition coefficient (Wildman–Crippen LogP) is 0.598. The number of carbonyl (C=O) groups is 5. The molecule has 1 amide bonds. The van der Waals surface area contributed by atoms with Crippen LogP contribution in [-0.4, -0.2) is 99.2 Å². The lowest BCUT2D eigenvalue weighted by Crippen LogP contribution is -2.69. The molecule has 9 atom stereocenters. The number of hydrogen-bond donors (Lipinski definition) is 4. The fourth-order valence-electron chi connectivity index (χ4n) is 8.27. The lowest BCUT2D eigenvalue weighted by atomic mass is 9.44. The summed E-state index contributed by atoms with van der Waals surface area (Å²) in [6.07, 6.45) is 0.363. The number of aliphatic hydroxyl groups excluding tert-OH is 2. The van der Waals surface area contributed by atoms with Crippen LogP contribution in [0.1, 0.15) is 65.7 Å². The van der Waals surface area contributed by atoms with Crippen LogP contribution in [0.2, 0.25) is 0 Å².